The molecule has 1 N–H and O–H groups in total. The minimum absolute atomic E-state index is 0.271. The highest BCUT2D eigenvalue weighted by Crippen LogP contribution is 2.50. The van der Waals surface area contributed by atoms with Crippen molar-refractivity contribution in [1.29, 1.82) is 5.26 Å². The first-order valence-electron chi connectivity index (χ1n) is 4.81. The molecule has 1 fully saturated rings. The highest BCUT2D eigenvalue weighted by molar-refractivity contribution is 5.51. The van der Waals surface area contributed by atoms with Gasteiger partial charge < -0.3 is 5.11 Å². The number of phenols is 1. The molecule has 0 bridgehead atoms. The molecule has 0 spiro atoms. The Kier molecular flexibility index (Phi) is 1.78. The van der Waals surface area contributed by atoms with Gasteiger partial charge in [0, 0.05) is 5.56 Å². The van der Waals surface area contributed by atoms with Crippen LogP contribution in [0.25, 0.3) is 0 Å². The number of aromatic hydroxyl groups is 1. The Morgan fingerprint density at radius 2 is 1.86 bits per heavy atom. The fourth-order valence-electron chi connectivity index (χ4n) is 1.75. The molecule has 1 aliphatic rings. The molecule has 0 atom stereocenters. The highest BCUT2D eigenvalue weighted by atomic mass is 16.3. The van der Waals surface area contributed by atoms with Gasteiger partial charge in [-0.05, 0) is 43.9 Å². The maximum atomic E-state index is 9.77. The Hall–Kier alpha value is -1.49. The van der Waals surface area contributed by atoms with Gasteiger partial charge in [-0.15, -0.1) is 0 Å². The normalized spacial score (nSPS) is 17.5. The fourth-order valence-corrected chi connectivity index (χ4v) is 1.75. The second kappa shape index (κ2) is 2.75. The van der Waals surface area contributed by atoms with Gasteiger partial charge in [-0.1, -0.05) is 6.07 Å². The smallest absolute Gasteiger partial charge is 0.120 e. The Balaban J connectivity index is 2.55. The number of aryl methyl sites for hydroxylation is 2. The van der Waals surface area contributed by atoms with E-state index in [1.54, 1.807) is 6.07 Å². The lowest BCUT2D eigenvalue weighted by Gasteiger charge is -2.11. The second-order valence-electron chi connectivity index (χ2n) is 4.15. The maximum absolute atomic E-state index is 9.77. The van der Waals surface area contributed by atoms with Gasteiger partial charge in [0.2, 0.25) is 0 Å². The van der Waals surface area contributed by atoms with Crippen LogP contribution in [-0.4, -0.2) is 5.11 Å². The van der Waals surface area contributed by atoms with Gasteiger partial charge in [-0.25, -0.2) is 0 Å². The van der Waals surface area contributed by atoms with Gasteiger partial charge in [0.15, 0.2) is 0 Å². The first-order valence-corrected chi connectivity index (χ1v) is 4.81. The van der Waals surface area contributed by atoms with Crippen molar-refractivity contribution in [2.45, 2.75) is 32.1 Å². The van der Waals surface area contributed by atoms with Crippen molar-refractivity contribution in [3.63, 3.8) is 0 Å². The lowest BCUT2D eigenvalue weighted by molar-refractivity contribution is 0.464. The average molecular weight is 187 g/mol. The number of benzene rings is 1. The molecule has 0 aromatic heterocycles. The minimum atomic E-state index is -0.386. The molecule has 14 heavy (non-hydrogen) atoms. The first kappa shape index (κ1) is 9.08. The summed E-state index contributed by atoms with van der Waals surface area (Å²) in [5.74, 6) is 0.271. The largest absolute Gasteiger partial charge is 0.508 e. The molecule has 0 heterocycles. The van der Waals surface area contributed by atoms with Gasteiger partial charge >= 0.3 is 0 Å². The van der Waals surface area contributed by atoms with Gasteiger partial charge in [0.25, 0.3) is 0 Å². The summed E-state index contributed by atoms with van der Waals surface area (Å²) in [5, 5.41) is 18.8. The van der Waals surface area contributed by atoms with Crippen LogP contribution in [0.3, 0.4) is 0 Å². The van der Waals surface area contributed by atoms with Crippen molar-refractivity contribution < 1.29 is 5.11 Å². The summed E-state index contributed by atoms with van der Waals surface area (Å²) in [6.45, 7) is 3.97. The molecule has 1 aromatic rings. The standard InChI is InChI=1S/C12H13NO/c1-8-5-10(11(14)6-9(8)2)12(7-13)3-4-12/h5-6,14H,3-4H2,1-2H3. The summed E-state index contributed by atoms with van der Waals surface area (Å²) in [7, 11) is 0. The third-order valence-electron chi connectivity index (χ3n) is 3.09. The van der Waals surface area contributed by atoms with Crippen LogP contribution in [0.1, 0.15) is 29.5 Å². The van der Waals surface area contributed by atoms with Crippen molar-refractivity contribution in [1.82, 2.24) is 0 Å². The zero-order valence-electron chi connectivity index (χ0n) is 8.46. The predicted octanol–water partition coefficient (Wildman–Crippen LogP) is 2.56. The predicted molar refractivity (Wildman–Crippen MR) is 54.1 cm³/mol. The summed E-state index contributed by atoms with van der Waals surface area (Å²) in [6.07, 6.45) is 1.75. The molecule has 0 saturated heterocycles. The fraction of sp³-hybridized carbons (Fsp3) is 0.417. The van der Waals surface area contributed by atoms with Crippen molar-refractivity contribution in [3.05, 3.63) is 28.8 Å². The van der Waals surface area contributed by atoms with E-state index in [-0.39, 0.29) is 11.2 Å². The van der Waals surface area contributed by atoms with Gasteiger partial charge in [-0.3, -0.25) is 0 Å². The number of phenolic OH excluding ortho intramolecular Hbond substituents is 1. The van der Waals surface area contributed by atoms with Gasteiger partial charge in [0.05, 0.1) is 11.5 Å². The summed E-state index contributed by atoms with van der Waals surface area (Å²) < 4.78 is 0. The van der Waals surface area contributed by atoms with Crippen LogP contribution in [0.15, 0.2) is 12.1 Å². The van der Waals surface area contributed by atoms with Crippen molar-refractivity contribution >= 4 is 0 Å². The van der Waals surface area contributed by atoms with Crippen LogP contribution >= 0.6 is 0 Å². The second-order valence-corrected chi connectivity index (χ2v) is 4.15. The number of rotatable bonds is 1. The molecule has 0 unspecified atom stereocenters. The molecule has 2 nitrogen and oxygen atoms in total. The minimum Gasteiger partial charge on any atom is -0.508 e. The number of nitrogens with zero attached hydrogens (tertiary/aromatic N) is 1. The number of hydrogen-bond donors (Lipinski definition) is 1. The third-order valence-corrected chi connectivity index (χ3v) is 3.09. The van der Waals surface area contributed by atoms with E-state index >= 15 is 0 Å². The zero-order valence-corrected chi connectivity index (χ0v) is 8.46. The lowest BCUT2D eigenvalue weighted by Crippen LogP contribution is -2.03. The van der Waals surface area contributed by atoms with Crippen molar-refractivity contribution in [2.75, 3.05) is 0 Å². The molecular weight excluding hydrogens is 174 g/mol. The van der Waals surface area contributed by atoms with E-state index in [1.807, 2.05) is 19.9 Å². The monoisotopic (exact) mass is 187 g/mol. The van der Waals surface area contributed by atoms with Crippen LogP contribution in [0.5, 0.6) is 5.75 Å². The molecule has 2 rings (SSSR count). The summed E-state index contributed by atoms with van der Waals surface area (Å²) in [4.78, 5) is 0. The van der Waals surface area contributed by atoms with Crippen LogP contribution in [0.2, 0.25) is 0 Å². The number of nitriles is 1. The first-order chi connectivity index (χ1) is 6.59. The van der Waals surface area contributed by atoms with E-state index in [2.05, 4.69) is 6.07 Å². The molecule has 0 aliphatic heterocycles. The molecule has 1 aliphatic carbocycles. The van der Waals surface area contributed by atoms with Crippen molar-refractivity contribution in [2.24, 2.45) is 0 Å². The Bertz CT molecular complexity index is 425. The van der Waals surface area contributed by atoms with E-state index in [0.29, 0.717) is 0 Å². The average Bonchev–Trinajstić information content (AvgIpc) is 2.92. The maximum Gasteiger partial charge on any atom is 0.120 e. The van der Waals surface area contributed by atoms with Gasteiger partial charge in [0.1, 0.15) is 5.75 Å². The van der Waals surface area contributed by atoms with Crippen molar-refractivity contribution in [3.8, 4) is 11.8 Å². The summed E-state index contributed by atoms with van der Waals surface area (Å²) in [6, 6.07) is 5.99. The summed E-state index contributed by atoms with van der Waals surface area (Å²) >= 11 is 0. The highest BCUT2D eigenvalue weighted by Gasteiger charge is 2.46. The van der Waals surface area contributed by atoms with E-state index < -0.39 is 0 Å². The van der Waals surface area contributed by atoms with Crippen LogP contribution in [-0.2, 0) is 5.41 Å². The van der Waals surface area contributed by atoms with Crippen LogP contribution < -0.4 is 0 Å². The van der Waals surface area contributed by atoms with E-state index in [1.165, 1.54) is 0 Å². The molecule has 1 saturated carbocycles. The zero-order chi connectivity index (χ0) is 10.3. The van der Waals surface area contributed by atoms with Crippen LogP contribution in [0, 0.1) is 25.2 Å². The van der Waals surface area contributed by atoms with Gasteiger partial charge in [-0.2, -0.15) is 5.26 Å². The molecular formula is C12H13NO. The van der Waals surface area contributed by atoms with Crippen LogP contribution in [0.4, 0.5) is 0 Å². The SMILES string of the molecule is Cc1cc(O)c(C2(C#N)CC2)cc1C. The van der Waals surface area contributed by atoms with E-state index in [9.17, 15) is 5.11 Å². The topological polar surface area (TPSA) is 44.0 Å². The Morgan fingerprint density at radius 3 is 2.36 bits per heavy atom. The molecule has 0 radical (unpaired) electrons. The van der Waals surface area contributed by atoms with E-state index in [0.717, 1.165) is 29.5 Å². The molecule has 2 heteroatoms. The Morgan fingerprint density at radius 1 is 1.29 bits per heavy atom. The quantitative estimate of drug-likeness (QED) is 0.734. The molecule has 0 amide bonds. The molecule has 1 aromatic carbocycles. The Labute approximate surface area is 83.8 Å². The third kappa shape index (κ3) is 1.17. The summed E-state index contributed by atoms with van der Waals surface area (Å²) in [5.41, 5.74) is 2.63. The van der Waals surface area contributed by atoms with E-state index in [4.69, 9.17) is 5.26 Å². The lowest BCUT2D eigenvalue weighted by atomic mass is 9.93. The number of hydrogen-bond acceptors (Lipinski definition) is 2. The molecule has 72 valence electrons.